The normalized spacial score (nSPS) is 23.0. The van der Waals surface area contributed by atoms with E-state index in [2.05, 4.69) is 4.90 Å². The average molecular weight is 456 g/mol. The lowest BCUT2D eigenvalue weighted by Crippen LogP contribution is -2.48. The van der Waals surface area contributed by atoms with E-state index < -0.39 is 12.0 Å². The lowest BCUT2D eigenvalue weighted by molar-refractivity contribution is -0.137. The summed E-state index contributed by atoms with van der Waals surface area (Å²) in [5, 5.41) is 0. The Hall–Kier alpha value is -2.74. The van der Waals surface area contributed by atoms with Gasteiger partial charge in [0.15, 0.2) is 0 Å². The lowest BCUT2D eigenvalue weighted by atomic mass is 9.94. The molecular weight excluding hydrogens is 422 g/mol. The fourth-order valence-corrected chi connectivity index (χ4v) is 5.14. The quantitative estimate of drug-likeness (QED) is 0.501. The Bertz CT molecular complexity index is 884. The van der Waals surface area contributed by atoms with Crippen LogP contribution in [0.3, 0.4) is 0 Å². The molecular formula is C25H33N3O5. The molecule has 0 unspecified atom stereocenters. The molecule has 0 spiro atoms. The molecule has 0 radical (unpaired) electrons. The zero-order chi connectivity index (χ0) is 23.4. The monoisotopic (exact) mass is 455 g/mol. The maximum absolute atomic E-state index is 13.1. The van der Waals surface area contributed by atoms with Crippen LogP contribution in [0.4, 0.5) is 5.69 Å². The van der Waals surface area contributed by atoms with E-state index in [0.717, 1.165) is 38.8 Å². The molecule has 3 aliphatic rings. The first kappa shape index (κ1) is 23.4. The Balaban J connectivity index is 1.35. The van der Waals surface area contributed by atoms with Gasteiger partial charge in [-0.05, 0) is 70.0 Å². The van der Waals surface area contributed by atoms with Gasteiger partial charge in [-0.3, -0.25) is 19.3 Å². The van der Waals surface area contributed by atoms with Gasteiger partial charge >= 0.3 is 5.97 Å². The number of hydrogen-bond donors (Lipinski definition) is 0. The van der Waals surface area contributed by atoms with Gasteiger partial charge in [0.2, 0.25) is 11.8 Å². The molecule has 0 aliphatic carbocycles. The smallest absolute Gasteiger partial charge is 0.338 e. The second-order valence-electron chi connectivity index (χ2n) is 9.10. The van der Waals surface area contributed by atoms with Gasteiger partial charge in [0, 0.05) is 19.0 Å². The van der Waals surface area contributed by atoms with Crippen molar-refractivity contribution in [1.29, 1.82) is 0 Å². The molecule has 0 N–H and O–H groups in total. The molecule has 1 aromatic rings. The third-order valence-corrected chi connectivity index (χ3v) is 7.00. The summed E-state index contributed by atoms with van der Waals surface area (Å²) >= 11 is 0. The molecule has 3 heterocycles. The molecule has 0 aromatic heterocycles. The number of amides is 3. The molecule has 4 rings (SSSR count). The minimum absolute atomic E-state index is 0.0121. The highest BCUT2D eigenvalue weighted by molar-refractivity contribution is 6.22. The molecule has 1 atom stereocenters. The van der Waals surface area contributed by atoms with E-state index in [1.165, 1.54) is 17.7 Å². The number of likely N-dealkylation sites (tertiary alicyclic amines) is 2. The third kappa shape index (κ3) is 5.11. The predicted octanol–water partition coefficient (Wildman–Crippen LogP) is 2.61. The lowest BCUT2D eigenvalue weighted by Gasteiger charge is -2.36. The summed E-state index contributed by atoms with van der Waals surface area (Å²) in [5.74, 6) is -0.636. The maximum atomic E-state index is 13.1. The van der Waals surface area contributed by atoms with Crippen LogP contribution in [0.5, 0.6) is 0 Å². The van der Waals surface area contributed by atoms with E-state index in [4.69, 9.17) is 4.74 Å². The van der Waals surface area contributed by atoms with Gasteiger partial charge in [-0.15, -0.1) is 0 Å². The van der Waals surface area contributed by atoms with Crippen molar-refractivity contribution in [3.63, 3.8) is 0 Å². The molecule has 3 aliphatic heterocycles. The molecule has 8 nitrogen and oxygen atoms in total. The first-order valence-electron chi connectivity index (χ1n) is 12.2. The minimum Gasteiger partial charge on any atom is -0.462 e. The molecule has 33 heavy (non-hydrogen) atoms. The van der Waals surface area contributed by atoms with Gasteiger partial charge in [0.1, 0.15) is 0 Å². The number of anilines is 1. The van der Waals surface area contributed by atoms with Gasteiger partial charge in [-0.25, -0.2) is 9.69 Å². The standard InChI is InChI=1S/C25H33N3O5/c1-2-33-25(32)19-7-9-20(10-8-19)28-22(29)17-21(24(28)31)26-15-11-18(12-16-26)23(30)27-13-5-3-4-6-14-27/h7-10,18,21H,2-6,11-17H2,1H3/t21-/m0/s1. The summed E-state index contributed by atoms with van der Waals surface area (Å²) in [5.41, 5.74) is 0.846. The van der Waals surface area contributed by atoms with Crippen LogP contribution in [0, 0.1) is 5.92 Å². The van der Waals surface area contributed by atoms with Crippen LogP contribution in [0.2, 0.25) is 0 Å². The second-order valence-corrected chi connectivity index (χ2v) is 9.10. The van der Waals surface area contributed by atoms with Crippen molar-refractivity contribution in [3.05, 3.63) is 29.8 Å². The van der Waals surface area contributed by atoms with Crippen molar-refractivity contribution in [2.24, 2.45) is 5.92 Å². The second kappa shape index (κ2) is 10.5. The molecule has 1 aromatic carbocycles. The molecule has 3 fully saturated rings. The Kier molecular flexibility index (Phi) is 7.42. The highest BCUT2D eigenvalue weighted by atomic mass is 16.5. The van der Waals surface area contributed by atoms with Gasteiger partial charge in [0.25, 0.3) is 5.91 Å². The van der Waals surface area contributed by atoms with E-state index in [9.17, 15) is 19.2 Å². The van der Waals surface area contributed by atoms with Crippen LogP contribution in [-0.4, -0.2) is 72.3 Å². The largest absolute Gasteiger partial charge is 0.462 e. The zero-order valence-corrected chi connectivity index (χ0v) is 19.3. The fourth-order valence-electron chi connectivity index (χ4n) is 5.14. The van der Waals surface area contributed by atoms with Gasteiger partial charge < -0.3 is 9.64 Å². The molecule has 0 bridgehead atoms. The Morgan fingerprint density at radius 3 is 2.18 bits per heavy atom. The number of carbonyl (C=O) groups is 4. The van der Waals surface area contributed by atoms with Gasteiger partial charge in [0.05, 0.1) is 30.3 Å². The first-order chi connectivity index (χ1) is 16.0. The summed E-state index contributed by atoms with van der Waals surface area (Å²) in [6.07, 6.45) is 6.15. The van der Waals surface area contributed by atoms with Crippen LogP contribution >= 0.6 is 0 Å². The number of ether oxygens (including phenoxy) is 1. The molecule has 178 valence electrons. The van der Waals surface area contributed by atoms with E-state index in [-0.39, 0.29) is 36.7 Å². The van der Waals surface area contributed by atoms with E-state index >= 15 is 0 Å². The number of benzene rings is 1. The van der Waals surface area contributed by atoms with Gasteiger partial charge in [-0.1, -0.05) is 12.8 Å². The Morgan fingerprint density at radius 1 is 0.939 bits per heavy atom. The Labute approximate surface area is 194 Å². The highest BCUT2D eigenvalue weighted by Crippen LogP contribution is 2.30. The highest BCUT2D eigenvalue weighted by Gasteiger charge is 2.44. The van der Waals surface area contributed by atoms with Crippen molar-refractivity contribution >= 4 is 29.4 Å². The zero-order valence-electron chi connectivity index (χ0n) is 19.3. The number of carbonyl (C=O) groups excluding carboxylic acids is 4. The Morgan fingerprint density at radius 2 is 1.58 bits per heavy atom. The van der Waals surface area contributed by atoms with Gasteiger partial charge in [-0.2, -0.15) is 0 Å². The van der Waals surface area contributed by atoms with Crippen LogP contribution in [0.25, 0.3) is 0 Å². The minimum atomic E-state index is -0.489. The van der Waals surface area contributed by atoms with Crippen LogP contribution in [0.15, 0.2) is 24.3 Å². The topological polar surface area (TPSA) is 87.2 Å². The van der Waals surface area contributed by atoms with Crippen LogP contribution < -0.4 is 4.90 Å². The van der Waals surface area contributed by atoms with Crippen molar-refractivity contribution < 1.29 is 23.9 Å². The van der Waals surface area contributed by atoms with E-state index in [0.29, 0.717) is 24.3 Å². The van der Waals surface area contributed by atoms with Crippen molar-refractivity contribution in [2.45, 2.75) is 57.9 Å². The summed E-state index contributed by atoms with van der Waals surface area (Å²) in [4.78, 5) is 55.9. The number of nitrogens with zero attached hydrogens (tertiary/aromatic N) is 3. The molecule has 0 saturated carbocycles. The first-order valence-corrected chi connectivity index (χ1v) is 12.2. The van der Waals surface area contributed by atoms with Crippen LogP contribution in [-0.2, 0) is 19.1 Å². The summed E-state index contributed by atoms with van der Waals surface area (Å²) in [6, 6.07) is 5.87. The number of imide groups is 1. The number of hydrogen-bond acceptors (Lipinski definition) is 6. The summed E-state index contributed by atoms with van der Waals surface area (Å²) in [6.45, 7) is 5.03. The van der Waals surface area contributed by atoms with Crippen LogP contribution in [0.1, 0.15) is 62.2 Å². The number of rotatable bonds is 5. The summed E-state index contributed by atoms with van der Waals surface area (Å²) < 4.78 is 4.98. The van der Waals surface area contributed by atoms with E-state index in [1.54, 1.807) is 31.2 Å². The van der Waals surface area contributed by atoms with E-state index in [1.807, 2.05) is 4.90 Å². The third-order valence-electron chi connectivity index (χ3n) is 7.00. The number of esters is 1. The molecule has 3 amide bonds. The van der Waals surface area contributed by atoms with Crippen molar-refractivity contribution in [1.82, 2.24) is 9.80 Å². The fraction of sp³-hybridized carbons (Fsp3) is 0.600. The molecule has 8 heteroatoms. The average Bonchev–Trinajstić information content (AvgIpc) is 3.00. The predicted molar refractivity (Wildman–Crippen MR) is 123 cm³/mol. The SMILES string of the molecule is CCOC(=O)c1ccc(N2C(=O)C[C@H](N3CCC(C(=O)N4CCCCCC4)CC3)C2=O)cc1. The maximum Gasteiger partial charge on any atom is 0.338 e. The van der Waals surface area contributed by atoms with Crippen molar-refractivity contribution in [2.75, 3.05) is 37.7 Å². The number of piperidine rings is 1. The summed E-state index contributed by atoms with van der Waals surface area (Å²) in [7, 11) is 0. The molecule has 3 saturated heterocycles. The van der Waals surface area contributed by atoms with Crippen molar-refractivity contribution in [3.8, 4) is 0 Å².